The lowest BCUT2D eigenvalue weighted by Gasteiger charge is -2.43. The minimum Gasteiger partial charge on any atom is -0.379 e. The molecule has 0 aliphatic carbocycles. The van der Waals surface area contributed by atoms with Crippen LogP contribution in [0.25, 0.3) is 0 Å². The number of nitrogens with one attached hydrogen (secondary N) is 2. The van der Waals surface area contributed by atoms with Crippen LogP contribution < -0.4 is 16.2 Å². The molecule has 0 aromatic carbocycles. The summed E-state index contributed by atoms with van der Waals surface area (Å²) in [6.07, 6.45) is 2.48. The van der Waals surface area contributed by atoms with E-state index in [2.05, 4.69) is 10.6 Å². The highest BCUT2D eigenvalue weighted by Gasteiger charge is 2.37. The van der Waals surface area contributed by atoms with Gasteiger partial charge in [0.25, 0.3) is 5.56 Å². The van der Waals surface area contributed by atoms with Gasteiger partial charge >= 0.3 is 6.03 Å². The minimum atomic E-state index is -0.565. The molecule has 1 aromatic rings. The number of fused-ring (bicyclic) bond motifs is 4. The third-order valence-electron chi connectivity index (χ3n) is 6.16. The van der Waals surface area contributed by atoms with Crippen molar-refractivity contribution in [3.63, 3.8) is 0 Å². The SMILES string of the molecule is CC(C)C[C@H](NC(=O)N1CC2CC(C1)c1cccc(=O)n1C2)C(=O)NCCCOC(C)C. The summed E-state index contributed by atoms with van der Waals surface area (Å²) in [7, 11) is 0. The van der Waals surface area contributed by atoms with Gasteiger partial charge in [0.15, 0.2) is 0 Å². The predicted octanol–water partition coefficient (Wildman–Crippen LogP) is 2.32. The van der Waals surface area contributed by atoms with Crippen molar-refractivity contribution in [2.75, 3.05) is 26.2 Å². The van der Waals surface area contributed by atoms with Crippen LogP contribution in [0.15, 0.2) is 23.0 Å². The molecule has 2 N–H and O–H groups in total. The zero-order valence-electron chi connectivity index (χ0n) is 19.8. The first-order chi connectivity index (χ1) is 15.2. The van der Waals surface area contributed by atoms with Crippen LogP contribution in [0.3, 0.4) is 0 Å². The quantitative estimate of drug-likeness (QED) is 0.570. The lowest BCUT2D eigenvalue weighted by Crippen LogP contribution is -2.56. The highest BCUT2D eigenvalue weighted by molar-refractivity contribution is 5.87. The number of urea groups is 1. The van der Waals surface area contributed by atoms with Crippen LogP contribution >= 0.6 is 0 Å². The fourth-order valence-corrected chi connectivity index (χ4v) is 4.73. The first kappa shape index (κ1) is 24.3. The van der Waals surface area contributed by atoms with Crippen molar-refractivity contribution in [2.45, 2.75) is 71.6 Å². The Balaban J connectivity index is 1.58. The number of ether oxygens (including phenoxy) is 1. The Morgan fingerprint density at radius 2 is 1.94 bits per heavy atom. The van der Waals surface area contributed by atoms with Gasteiger partial charge in [-0.2, -0.15) is 0 Å². The molecule has 178 valence electrons. The van der Waals surface area contributed by atoms with Gasteiger partial charge in [-0.1, -0.05) is 19.9 Å². The van der Waals surface area contributed by atoms with Gasteiger partial charge in [-0.15, -0.1) is 0 Å². The third kappa shape index (κ3) is 6.34. The molecule has 3 heterocycles. The predicted molar refractivity (Wildman–Crippen MR) is 124 cm³/mol. The second-order valence-corrected chi connectivity index (χ2v) is 9.80. The number of hydrogen-bond acceptors (Lipinski definition) is 4. The molecule has 2 aliphatic rings. The van der Waals surface area contributed by atoms with E-state index < -0.39 is 6.04 Å². The Kier molecular flexibility index (Phi) is 8.34. The normalized spacial score (nSPS) is 20.8. The second-order valence-electron chi connectivity index (χ2n) is 9.80. The molecule has 0 saturated carbocycles. The smallest absolute Gasteiger partial charge is 0.318 e. The highest BCUT2D eigenvalue weighted by Crippen LogP contribution is 2.34. The third-order valence-corrected chi connectivity index (χ3v) is 6.16. The van der Waals surface area contributed by atoms with Crippen LogP contribution in [0.2, 0.25) is 0 Å². The van der Waals surface area contributed by atoms with Crippen molar-refractivity contribution in [1.82, 2.24) is 20.1 Å². The number of aromatic nitrogens is 1. The molecular formula is C24H38N4O4. The molecule has 0 spiro atoms. The standard InChI is InChI=1S/C24H38N4O4/c1-16(2)11-20(23(30)25-9-6-10-32-17(3)4)26-24(31)27-13-18-12-19(15-27)21-7-5-8-22(29)28(21)14-18/h5,7-8,16-20H,6,9-15H2,1-4H3,(H,25,30)(H,26,31)/t18?,19?,20-/m0/s1. The lowest BCUT2D eigenvalue weighted by molar-refractivity contribution is -0.123. The molecule has 8 nitrogen and oxygen atoms in total. The van der Waals surface area contributed by atoms with Gasteiger partial charge in [-0.3, -0.25) is 9.59 Å². The fourth-order valence-electron chi connectivity index (χ4n) is 4.73. The number of nitrogens with zero attached hydrogens (tertiary/aromatic N) is 2. The van der Waals surface area contributed by atoms with E-state index in [1.807, 2.05) is 43.2 Å². The summed E-state index contributed by atoms with van der Waals surface area (Å²) in [5.74, 6) is 0.534. The Morgan fingerprint density at radius 1 is 1.16 bits per heavy atom. The molecular weight excluding hydrogens is 408 g/mol. The second kappa shape index (κ2) is 11.0. The molecule has 0 radical (unpaired) electrons. The molecule has 2 bridgehead atoms. The number of carbonyl (C=O) groups is 2. The summed E-state index contributed by atoms with van der Waals surface area (Å²) in [5, 5.41) is 5.92. The number of piperidine rings is 1. The van der Waals surface area contributed by atoms with Crippen molar-refractivity contribution >= 4 is 11.9 Å². The van der Waals surface area contributed by atoms with E-state index in [1.165, 1.54) is 0 Å². The maximum atomic E-state index is 13.1. The number of carbonyl (C=O) groups excluding carboxylic acids is 2. The van der Waals surface area contributed by atoms with Gasteiger partial charge in [0.05, 0.1) is 6.10 Å². The summed E-state index contributed by atoms with van der Waals surface area (Å²) in [5.41, 5.74) is 1.04. The van der Waals surface area contributed by atoms with Crippen molar-refractivity contribution in [1.29, 1.82) is 0 Å². The Bertz CT molecular complexity index is 851. The van der Waals surface area contributed by atoms with E-state index in [1.54, 1.807) is 12.1 Å². The minimum absolute atomic E-state index is 0.0302. The van der Waals surface area contributed by atoms with Crippen LogP contribution in [0.5, 0.6) is 0 Å². The van der Waals surface area contributed by atoms with E-state index in [9.17, 15) is 14.4 Å². The van der Waals surface area contributed by atoms with E-state index in [0.717, 1.165) is 18.5 Å². The van der Waals surface area contributed by atoms with Crippen LogP contribution in [-0.2, 0) is 16.1 Å². The number of likely N-dealkylation sites (tertiary alicyclic amines) is 1. The molecule has 1 saturated heterocycles. The van der Waals surface area contributed by atoms with Crippen molar-refractivity contribution in [3.8, 4) is 0 Å². The molecule has 2 aliphatic heterocycles. The first-order valence-electron chi connectivity index (χ1n) is 11.9. The zero-order chi connectivity index (χ0) is 23.3. The Hall–Kier alpha value is -2.35. The van der Waals surface area contributed by atoms with Crippen LogP contribution in [0, 0.1) is 11.8 Å². The van der Waals surface area contributed by atoms with E-state index in [0.29, 0.717) is 39.2 Å². The lowest BCUT2D eigenvalue weighted by atomic mass is 9.83. The summed E-state index contributed by atoms with van der Waals surface area (Å²) < 4.78 is 7.37. The number of hydrogen-bond donors (Lipinski definition) is 2. The maximum Gasteiger partial charge on any atom is 0.318 e. The molecule has 32 heavy (non-hydrogen) atoms. The van der Waals surface area contributed by atoms with Gasteiger partial charge < -0.3 is 24.8 Å². The van der Waals surface area contributed by atoms with Crippen molar-refractivity contribution in [2.24, 2.45) is 11.8 Å². The average molecular weight is 447 g/mol. The number of pyridine rings is 1. The van der Waals surface area contributed by atoms with E-state index >= 15 is 0 Å². The fraction of sp³-hybridized carbons (Fsp3) is 0.708. The highest BCUT2D eigenvalue weighted by atomic mass is 16.5. The van der Waals surface area contributed by atoms with Gasteiger partial charge in [0.1, 0.15) is 6.04 Å². The number of amides is 3. The summed E-state index contributed by atoms with van der Waals surface area (Å²) in [6, 6.07) is 4.62. The van der Waals surface area contributed by atoms with Crippen LogP contribution in [0.4, 0.5) is 4.79 Å². The molecule has 8 heteroatoms. The molecule has 1 fully saturated rings. The van der Waals surface area contributed by atoms with Gasteiger partial charge in [0.2, 0.25) is 5.91 Å². The largest absolute Gasteiger partial charge is 0.379 e. The van der Waals surface area contributed by atoms with Gasteiger partial charge in [0, 0.05) is 50.5 Å². The zero-order valence-corrected chi connectivity index (χ0v) is 19.8. The first-order valence-corrected chi connectivity index (χ1v) is 11.9. The van der Waals surface area contributed by atoms with Crippen LogP contribution in [-0.4, -0.2) is 59.8 Å². The topological polar surface area (TPSA) is 92.7 Å². The van der Waals surface area contributed by atoms with Crippen molar-refractivity contribution < 1.29 is 14.3 Å². The van der Waals surface area contributed by atoms with Gasteiger partial charge in [-0.25, -0.2) is 4.79 Å². The molecule has 3 rings (SSSR count). The Labute approximate surface area is 190 Å². The molecule has 1 aromatic heterocycles. The summed E-state index contributed by atoms with van der Waals surface area (Å²) in [4.78, 5) is 39.9. The summed E-state index contributed by atoms with van der Waals surface area (Å²) in [6.45, 7) is 11.0. The van der Waals surface area contributed by atoms with Crippen molar-refractivity contribution in [3.05, 3.63) is 34.2 Å². The van der Waals surface area contributed by atoms with E-state index in [4.69, 9.17) is 4.74 Å². The van der Waals surface area contributed by atoms with Gasteiger partial charge in [-0.05, 0) is 51.0 Å². The maximum absolute atomic E-state index is 13.1. The molecule has 2 unspecified atom stereocenters. The number of rotatable bonds is 9. The molecule has 3 atom stereocenters. The average Bonchev–Trinajstić information content (AvgIpc) is 2.73. The molecule has 3 amide bonds. The van der Waals surface area contributed by atoms with Crippen LogP contribution in [0.1, 0.15) is 58.6 Å². The van der Waals surface area contributed by atoms with E-state index in [-0.39, 0.29) is 41.4 Å². The monoisotopic (exact) mass is 446 g/mol. The summed E-state index contributed by atoms with van der Waals surface area (Å²) >= 11 is 0. The Morgan fingerprint density at radius 3 is 2.66 bits per heavy atom.